The number of nitrogens with zero attached hydrogens (tertiary/aromatic N) is 2. The van der Waals surface area contributed by atoms with Gasteiger partial charge in [-0.3, -0.25) is 14.4 Å². The predicted molar refractivity (Wildman–Crippen MR) is 151 cm³/mol. The van der Waals surface area contributed by atoms with E-state index in [1.54, 1.807) is 28.8 Å². The first-order valence-electron chi connectivity index (χ1n) is 13.5. The van der Waals surface area contributed by atoms with Gasteiger partial charge in [-0.05, 0) is 38.5 Å². The molecule has 0 aromatic rings. The summed E-state index contributed by atoms with van der Waals surface area (Å²) in [6.45, 7) is 16.0. The summed E-state index contributed by atoms with van der Waals surface area (Å²) in [6.07, 6.45) is 7.30. The van der Waals surface area contributed by atoms with Gasteiger partial charge in [0.1, 0.15) is 6.04 Å². The van der Waals surface area contributed by atoms with Gasteiger partial charge in [-0.25, -0.2) is 0 Å². The van der Waals surface area contributed by atoms with E-state index >= 15 is 0 Å². The fourth-order valence-corrected chi connectivity index (χ4v) is 10.0. The summed E-state index contributed by atoms with van der Waals surface area (Å²) in [5.74, 6) is -2.05. The van der Waals surface area contributed by atoms with Gasteiger partial charge in [0, 0.05) is 22.7 Å². The molecule has 208 valence electrons. The van der Waals surface area contributed by atoms with Crippen molar-refractivity contribution < 1.29 is 24.2 Å². The van der Waals surface area contributed by atoms with Gasteiger partial charge in [-0.15, -0.1) is 24.9 Å². The van der Waals surface area contributed by atoms with Crippen LogP contribution in [0.4, 0.5) is 0 Å². The number of unbranched alkanes of at least 4 members (excludes halogenated alkanes) is 1. The van der Waals surface area contributed by atoms with Crippen LogP contribution in [0.15, 0.2) is 25.3 Å². The number of hydrogen-bond acceptors (Lipinski definition) is 6. The first-order chi connectivity index (χ1) is 17.6. The molecule has 0 aliphatic carbocycles. The van der Waals surface area contributed by atoms with Crippen LogP contribution in [0, 0.1) is 17.8 Å². The monoisotopic (exact) mass is 598 g/mol. The molecule has 3 aliphatic rings. The van der Waals surface area contributed by atoms with E-state index in [0.29, 0.717) is 19.4 Å². The zero-order valence-corrected chi connectivity index (χ0v) is 25.0. The van der Waals surface area contributed by atoms with Gasteiger partial charge in [-0.1, -0.05) is 55.3 Å². The van der Waals surface area contributed by atoms with Crippen molar-refractivity contribution in [2.45, 2.75) is 92.7 Å². The predicted octanol–water partition coefficient (Wildman–Crippen LogP) is 4.18. The summed E-state index contributed by atoms with van der Waals surface area (Å²) in [5.41, 5.74) is 0. The number of hydrogen-bond donors (Lipinski definition) is 1. The van der Waals surface area contributed by atoms with Crippen molar-refractivity contribution in [3.05, 3.63) is 25.3 Å². The number of thioether (sulfide) groups is 1. The number of alkyl halides is 1. The molecule has 2 bridgehead atoms. The quantitative estimate of drug-likeness (QED) is 0.140. The maximum Gasteiger partial charge on any atom is 0.310 e. The highest BCUT2D eigenvalue weighted by molar-refractivity contribution is 9.09. The van der Waals surface area contributed by atoms with Crippen LogP contribution in [0.1, 0.15) is 59.8 Å². The number of carbonyl (C=O) groups is 3. The molecular formula is C28H43BrN2O5S. The van der Waals surface area contributed by atoms with Crippen LogP contribution in [-0.4, -0.2) is 85.4 Å². The van der Waals surface area contributed by atoms with Crippen molar-refractivity contribution in [1.29, 1.82) is 0 Å². The molecule has 3 fully saturated rings. The molecule has 3 saturated heterocycles. The SMILES string of the molecule is C=CCCCOC(=O)[C@H]1[C@@H]2SC3(CC2Br)C(C(=O)N(CC=C)C(C)CCC)N([C@@H](CO)C(C)C)C(=O)[C@H]13. The Bertz CT molecular complexity index is 885. The summed E-state index contributed by atoms with van der Waals surface area (Å²) in [4.78, 5) is 45.5. The fraction of sp³-hybridized carbons (Fsp3) is 0.750. The van der Waals surface area contributed by atoms with Crippen molar-refractivity contribution in [1.82, 2.24) is 9.80 Å². The third-order valence-electron chi connectivity index (χ3n) is 8.19. The second-order valence-corrected chi connectivity index (χ2v) is 13.6. The Morgan fingerprint density at radius 2 is 2.03 bits per heavy atom. The van der Waals surface area contributed by atoms with Crippen LogP contribution in [0.3, 0.4) is 0 Å². The van der Waals surface area contributed by atoms with E-state index < -0.39 is 28.7 Å². The van der Waals surface area contributed by atoms with Crippen molar-refractivity contribution in [3.8, 4) is 0 Å². The van der Waals surface area contributed by atoms with Crippen molar-refractivity contribution in [3.63, 3.8) is 0 Å². The Morgan fingerprint density at radius 1 is 1.32 bits per heavy atom. The molecule has 0 saturated carbocycles. The number of rotatable bonds is 14. The molecule has 3 aliphatic heterocycles. The zero-order chi connectivity index (χ0) is 27.5. The lowest BCUT2D eigenvalue weighted by Crippen LogP contribution is -2.59. The molecule has 9 heteroatoms. The zero-order valence-electron chi connectivity index (χ0n) is 22.6. The fourth-order valence-electron chi connectivity index (χ4n) is 6.45. The number of esters is 1. The second kappa shape index (κ2) is 12.7. The molecule has 2 amide bonds. The van der Waals surface area contributed by atoms with E-state index in [1.165, 1.54) is 0 Å². The minimum atomic E-state index is -0.766. The van der Waals surface area contributed by atoms with Crippen LogP contribution >= 0.6 is 27.7 Å². The first-order valence-corrected chi connectivity index (χ1v) is 15.3. The van der Waals surface area contributed by atoms with Crippen molar-refractivity contribution in [2.75, 3.05) is 19.8 Å². The van der Waals surface area contributed by atoms with E-state index in [0.717, 1.165) is 19.3 Å². The Morgan fingerprint density at radius 3 is 2.59 bits per heavy atom. The number of halogens is 1. The molecule has 0 aromatic heterocycles. The van der Waals surface area contributed by atoms with Gasteiger partial charge in [0.2, 0.25) is 11.8 Å². The normalized spacial score (nSPS) is 31.8. The lowest BCUT2D eigenvalue weighted by atomic mass is 9.71. The number of likely N-dealkylation sites (tertiary alicyclic amines) is 1. The maximum absolute atomic E-state index is 14.5. The standard InChI is InChI=1S/C28H43BrN2O5S/c1-7-10-11-14-36-27(35)21-22-25(33)31(20(16-32)17(4)5)24(28(22)15-19(29)23(21)37-28)26(34)30(13-9-3)18(6)12-8-2/h7,9,17-24,32H,1,3,8,10-16H2,2,4-6H3/t18?,19?,20-,21+,22-,23+,24?,28?/m0/s1. The summed E-state index contributed by atoms with van der Waals surface area (Å²) in [6, 6.07) is -1.31. The summed E-state index contributed by atoms with van der Waals surface area (Å²) >= 11 is 5.39. The average Bonchev–Trinajstić information content (AvgIpc) is 3.44. The van der Waals surface area contributed by atoms with Crippen LogP contribution in [0.5, 0.6) is 0 Å². The number of carbonyl (C=O) groups excluding carboxylic acids is 3. The molecule has 8 atom stereocenters. The average molecular weight is 600 g/mol. The highest BCUT2D eigenvalue weighted by atomic mass is 79.9. The van der Waals surface area contributed by atoms with Gasteiger partial charge < -0.3 is 19.6 Å². The van der Waals surface area contributed by atoms with Gasteiger partial charge in [0.05, 0.1) is 35.8 Å². The third kappa shape index (κ3) is 5.42. The van der Waals surface area contributed by atoms with Crippen LogP contribution in [0.25, 0.3) is 0 Å². The topological polar surface area (TPSA) is 87.2 Å². The minimum Gasteiger partial charge on any atom is -0.465 e. The smallest absolute Gasteiger partial charge is 0.310 e. The van der Waals surface area contributed by atoms with E-state index in [2.05, 4.69) is 36.0 Å². The van der Waals surface area contributed by atoms with E-state index in [9.17, 15) is 19.5 Å². The number of aliphatic hydroxyl groups is 1. The number of aliphatic hydroxyl groups excluding tert-OH is 1. The molecule has 1 N–H and O–H groups in total. The molecular weight excluding hydrogens is 556 g/mol. The largest absolute Gasteiger partial charge is 0.465 e. The van der Waals surface area contributed by atoms with E-state index in [-0.39, 0.29) is 53.0 Å². The van der Waals surface area contributed by atoms with Gasteiger partial charge in [-0.2, -0.15) is 0 Å². The second-order valence-electron chi connectivity index (χ2n) is 10.9. The van der Waals surface area contributed by atoms with Gasteiger partial charge >= 0.3 is 5.97 Å². The lowest BCUT2D eigenvalue weighted by molar-refractivity contribution is -0.154. The van der Waals surface area contributed by atoms with E-state index in [4.69, 9.17) is 4.74 Å². The molecule has 4 unspecified atom stereocenters. The number of fused-ring (bicyclic) bond motifs is 1. The van der Waals surface area contributed by atoms with Gasteiger partial charge in [0.25, 0.3) is 0 Å². The third-order valence-corrected chi connectivity index (χ3v) is 11.4. The Labute approximate surface area is 234 Å². The Hall–Kier alpha value is -1.32. The molecule has 7 nitrogen and oxygen atoms in total. The molecule has 3 rings (SSSR count). The van der Waals surface area contributed by atoms with Gasteiger partial charge in [0.15, 0.2) is 0 Å². The van der Waals surface area contributed by atoms with Crippen molar-refractivity contribution in [2.24, 2.45) is 17.8 Å². The van der Waals surface area contributed by atoms with Crippen LogP contribution in [-0.2, 0) is 19.1 Å². The minimum absolute atomic E-state index is 0.0185. The van der Waals surface area contributed by atoms with Crippen LogP contribution in [0.2, 0.25) is 0 Å². The maximum atomic E-state index is 14.5. The highest BCUT2D eigenvalue weighted by Gasteiger charge is 2.76. The summed E-state index contributed by atoms with van der Waals surface area (Å²) < 4.78 is 4.90. The Balaban J connectivity index is 2.06. The molecule has 1 spiro atoms. The molecule has 0 radical (unpaired) electrons. The summed E-state index contributed by atoms with van der Waals surface area (Å²) in [7, 11) is 0. The number of allylic oxidation sites excluding steroid dienone is 1. The number of amides is 2. The lowest BCUT2D eigenvalue weighted by Gasteiger charge is -2.42. The molecule has 37 heavy (non-hydrogen) atoms. The van der Waals surface area contributed by atoms with Crippen LogP contribution < -0.4 is 0 Å². The summed E-state index contributed by atoms with van der Waals surface area (Å²) in [5, 5.41) is 10.2. The number of ether oxygens (including phenoxy) is 1. The van der Waals surface area contributed by atoms with Crippen molar-refractivity contribution >= 4 is 45.5 Å². The molecule has 3 heterocycles. The Kier molecular flexibility index (Phi) is 10.4. The van der Waals surface area contributed by atoms with E-state index in [1.807, 2.05) is 25.7 Å². The highest BCUT2D eigenvalue weighted by Crippen LogP contribution is 2.68. The molecule has 0 aromatic carbocycles. The first kappa shape index (κ1) is 30.2.